The molecule has 1 rings (SSSR count). The molecule has 3 nitrogen and oxygen atoms in total. The second kappa shape index (κ2) is 3.29. The Labute approximate surface area is 73.7 Å². The molecule has 0 atom stereocenters. The third-order valence-corrected chi connectivity index (χ3v) is 3.10. The molecule has 0 radical (unpaired) electrons. The lowest BCUT2D eigenvalue weighted by Crippen LogP contribution is -2.24. The lowest BCUT2D eigenvalue weighted by Gasteiger charge is -2.08. The summed E-state index contributed by atoms with van der Waals surface area (Å²) in [5, 5.41) is 0. The summed E-state index contributed by atoms with van der Waals surface area (Å²) in [6, 6.07) is 0. The van der Waals surface area contributed by atoms with E-state index in [1.807, 2.05) is 0 Å². The van der Waals surface area contributed by atoms with E-state index in [0.29, 0.717) is 6.54 Å². The van der Waals surface area contributed by atoms with Crippen molar-refractivity contribution in [3.8, 4) is 0 Å². The van der Waals surface area contributed by atoms with Crippen molar-refractivity contribution in [2.45, 2.75) is 12.8 Å². The van der Waals surface area contributed by atoms with Crippen LogP contribution in [-0.4, -0.2) is 27.0 Å². The van der Waals surface area contributed by atoms with Gasteiger partial charge in [0.05, 0.1) is 5.75 Å². The van der Waals surface area contributed by atoms with E-state index in [9.17, 15) is 8.42 Å². The minimum absolute atomic E-state index is 0. The molecular weight excluding hydrogens is 186 g/mol. The van der Waals surface area contributed by atoms with Gasteiger partial charge in [-0.05, 0) is 24.8 Å². The SMILES string of the molecule is CS(=O)(=O)CC1(CN)CC1.Cl. The first-order valence-electron chi connectivity index (χ1n) is 3.35. The highest BCUT2D eigenvalue weighted by Crippen LogP contribution is 2.45. The Morgan fingerprint density at radius 3 is 2.00 bits per heavy atom. The molecule has 0 spiro atoms. The highest BCUT2D eigenvalue weighted by molar-refractivity contribution is 7.90. The zero-order valence-electron chi connectivity index (χ0n) is 6.54. The lowest BCUT2D eigenvalue weighted by molar-refractivity contribution is 0.551. The molecule has 5 heteroatoms. The van der Waals surface area contributed by atoms with E-state index in [0.717, 1.165) is 12.8 Å². The number of rotatable bonds is 3. The van der Waals surface area contributed by atoms with Gasteiger partial charge in [-0.25, -0.2) is 8.42 Å². The van der Waals surface area contributed by atoms with Crippen LogP contribution in [0.2, 0.25) is 0 Å². The van der Waals surface area contributed by atoms with Crippen LogP contribution in [0.1, 0.15) is 12.8 Å². The summed E-state index contributed by atoms with van der Waals surface area (Å²) >= 11 is 0. The first kappa shape index (κ1) is 11.2. The maximum atomic E-state index is 10.8. The fourth-order valence-corrected chi connectivity index (χ4v) is 2.66. The number of hydrogen-bond acceptors (Lipinski definition) is 3. The predicted molar refractivity (Wildman–Crippen MR) is 47.7 cm³/mol. The van der Waals surface area contributed by atoms with E-state index in [-0.39, 0.29) is 23.6 Å². The molecule has 0 saturated heterocycles. The summed E-state index contributed by atoms with van der Waals surface area (Å²) in [5.41, 5.74) is 5.38. The molecule has 0 aromatic rings. The molecule has 1 aliphatic carbocycles. The summed E-state index contributed by atoms with van der Waals surface area (Å²) in [4.78, 5) is 0. The van der Waals surface area contributed by atoms with Gasteiger partial charge in [-0.2, -0.15) is 0 Å². The van der Waals surface area contributed by atoms with Crippen LogP contribution in [-0.2, 0) is 9.84 Å². The quantitative estimate of drug-likeness (QED) is 0.706. The molecule has 0 aromatic heterocycles. The van der Waals surface area contributed by atoms with Crippen LogP contribution < -0.4 is 5.73 Å². The van der Waals surface area contributed by atoms with Crippen LogP contribution in [0.5, 0.6) is 0 Å². The van der Waals surface area contributed by atoms with Crippen LogP contribution in [0.15, 0.2) is 0 Å². The van der Waals surface area contributed by atoms with E-state index in [4.69, 9.17) is 5.73 Å². The van der Waals surface area contributed by atoms with E-state index in [1.54, 1.807) is 0 Å². The average molecular weight is 200 g/mol. The number of hydrogen-bond donors (Lipinski definition) is 1. The Hall–Kier alpha value is 0.200. The molecule has 1 fully saturated rings. The minimum atomic E-state index is -2.81. The third-order valence-electron chi connectivity index (χ3n) is 1.96. The largest absolute Gasteiger partial charge is 0.330 e. The molecule has 0 amide bonds. The van der Waals surface area contributed by atoms with E-state index in [1.165, 1.54) is 6.26 Å². The van der Waals surface area contributed by atoms with Crippen molar-refractivity contribution in [3.63, 3.8) is 0 Å². The summed E-state index contributed by atoms with van der Waals surface area (Å²) in [6.45, 7) is 0.514. The van der Waals surface area contributed by atoms with Crippen LogP contribution >= 0.6 is 12.4 Å². The second-order valence-electron chi connectivity index (χ2n) is 3.27. The molecule has 0 bridgehead atoms. The van der Waals surface area contributed by atoms with Gasteiger partial charge >= 0.3 is 0 Å². The maximum Gasteiger partial charge on any atom is 0.148 e. The minimum Gasteiger partial charge on any atom is -0.330 e. The van der Waals surface area contributed by atoms with Crippen molar-refractivity contribution in [1.82, 2.24) is 0 Å². The summed E-state index contributed by atoms with van der Waals surface area (Å²) in [6.07, 6.45) is 3.23. The van der Waals surface area contributed by atoms with Crippen LogP contribution in [0.3, 0.4) is 0 Å². The van der Waals surface area contributed by atoms with Crippen molar-refractivity contribution >= 4 is 22.2 Å². The highest BCUT2D eigenvalue weighted by Gasteiger charge is 2.43. The predicted octanol–water partition coefficient (Wildman–Crippen LogP) is 0.192. The van der Waals surface area contributed by atoms with E-state index < -0.39 is 9.84 Å². The first-order valence-corrected chi connectivity index (χ1v) is 5.41. The Balaban J connectivity index is 0.000001000. The van der Waals surface area contributed by atoms with Gasteiger partial charge < -0.3 is 5.73 Å². The molecule has 1 saturated carbocycles. The summed E-state index contributed by atoms with van der Waals surface area (Å²) in [7, 11) is -2.81. The van der Waals surface area contributed by atoms with Gasteiger partial charge in [0, 0.05) is 6.26 Å². The van der Waals surface area contributed by atoms with Crippen LogP contribution in [0.4, 0.5) is 0 Å². The summed E-state index contributed by atoms with van der Waals surface area (Å²) in [5.74, 6) is 0.274. The van der Waals surface area contributed by atoms with Gasteiger partial charge in [-0.3, -0.25) is 0 Å². The van der Waals surface area contributed by atoms with Gasteiger partial charge in [-0.1, -0.05) is 0 Å². The molecule has 0 aromatic carbocycles. The zero-order chi connectivity index (χ0) is 7.83. The van der Waals surface area contributed by atoms with Crippen molar-refractivity contribution < 1.29 is 8.42 Å². The Bertz CT molecular complexity index is 221. The normalized spacial score (nSPS) is 20.5. The Morgan fingerprint density at radius 1 is 1.45 bits per heavy atom. The molecular formula is C6H14ClNO2S. The molecule has 68 valence electrons. The highest BCUT2D eigenvalue weighted by atomic mass is 35.5. The first-order chi connectivity index (χ1) is 4.47. The Morgan fingerprint density at radius 2 is 1.91 bits per heavy atom. The monoisotopic (exact) mass is 199 g/mol. The number of nitrogens with two attached hydrogens (primary N) is 1. The second-order valence-corrected chi connectivity index (χ2v) is 5.41. The smallest absolute Gasteiger partial charge is 0.148 e. The number of halogens is 1. The zero-order valence-corrected chi connectivity index (χ0v) is 8.17. The average Bonchev–Trinajstić information content (AvgIpc) is 2.45. The molecule has 0 heterocycles. The molecule has 0 unspecified atom stereocenters. The van der Waals surface area contributed by atoms with Crippen molar-refractivity contribution in [1.29, 1.82) is 0 Å². The summed E-state index contributed by atoms with van der Waals surface area (Å²) < 4.78 is 21.6. The Kier molecular flexibility index (Phi) is 3.35. The lowest BCUT2D eigenvalue weighted by atomic mass is 10.1. The molecule has 11 heavy (non-hydrogen) atoms. The fraction of sp³-hybridized carbons (Fsp3) is 1.00. The topological polar surface area (TPSA) is 60.2 Å². The van der Waals surface area contributed by atoms with Crippen molar-refractivity contribution in [2.24, 2.45) is 11.1 Å². The van der Waals surface area contributed by atoms with Gasteiger partial charge in [0.2, 0.25) is 0 Å². The van der Waals surface area contributed by atoms with Crippen LogP contribution in [0.25, 0.3) is 0 Å². The third kappa shape index (κ3) is 3.40. The van der Waals surface area contributed by atoms with Gasteiger partial charge in [0.15, 0.2) is 0 Å². The van der Waals surface area contributed by atoms with Gasteiger partial charge in [0.1, 0.15) is 9.84 Å². The molecule has 1 aliphatic rings. The maximum absolute atomic E-state index is 10.8. The standard InChI is InChI=1S/C6H13NO2S.ClH/c1-10(8,9)5-6(4-7)2-3-6;/h2-5,7H2,1H3;1H. The molecule has 2 N–H and O–H groups in total. The van der Waals surface area contributed by atoms with Gasteiger partial charge in [0.25, 0.3) is 0 Å². The van der Waals surface area contributed by atoms with E-state index in [2.05, 4.69) is 0 Å². The van der Waals surface area contributed by atoms with E-state index >= 15 is 0 Å². The number of sulfone groups is 1. The van der Waals surface area contributed by atoms with Crippen molar-refractivity contribution in [3.05, 3.63) is 0 Å². The fourth-order valence-electron chi connectivity index (χ4n) is 1.14. The van der Waals surface area contributed by atoms with Crippen molar-refractivity contribution in [2.75, 3.05) is 18.6 Å². The van der Waals surface area contributed by atoms with Crippen LogP contribution in [0, 0.1) is 5.41 Å². The van der Waals surface area contributed by atoms with Gasteiger partial charge in [-0.15, -0.1) is 12.4 Å². The molecule has 0 aliphatic heterocycles.